The van der Waals surface area contributed by atoms with Crippen molar-refractivity contribution in [2.45, 2.75) is 23.8 Å². The first-order valence-corrected chi connectivity index (χ1v) is 8.90. The third-order valence-corrected chi connectivity index (χ3v) is 5.04. The number of nitriles is 1. The maximum atomic E-state index is 12.6. The number of carbonyl (C=O) groups is 1. The highest BCUT2D eigenvalue weighted by Crippen LogP contribution is 2.27. The van der Waals surface area contributed by atoms with Crippen LogP contribution in [0.2, 0.25) is 0 Å². The minimum atomic E-state index is -0.166. The van der Waals surface area contributed by atoms with E-state index in [2.05, 4.69) is 11.4 Å². The molecule has 0 saturated carbocycles. The maximum absolute atomic E-state index is 12.6. The Labute approximate surface area is 145 Å². The molecule has 1 fully saturated rings. The highest BCUT2D eigenvalue weighted by molar-refractivity contribution is 7.99. The van der Waals surface area contributed by atoms with Gasteiger partial charge in [0.25, 0.3) is 5.91 Å². The second-order valence-corrected chi connectivity index (χ2v) is 6.65. The lowest BCUT2D eigenvalue weighted by Crippen LogP contribution is -2.14. The van der Waals surface area contributed by atoms with Crippen LogP contribution in [0.5, 0.6) is 0 Å². The molecule has 4 nitrogen and oxygen atoms in total. The molecular weight excluding hydrogens is 320 g/mol. The quantitative estimate of drug-likeness (QED) is 0.834. The van der Waals surface area contributed by atoms with Gasteiger partial charge in [0.2, 0.25) is 0 Å². The zero-order chi connectivity index (χ0) is 16.8. The molecule has 0 aromatic heterocycles. The molecule has 2 aromatic carbocycles. The largest absolute Gasteiger partial charge is 0.377 e. The predicted octanol–water partition coefficient (Wildman–Crippen LogP) is 4.08. The molecule has 1 aliphatic heterocycles. The zero-order valence-corrected chi connectivity index (χ0v) is 14.0. The fraction of sp³-hybridized carbons (Fsp3) is 0.263. The van der Waals surface area contributed by atoms with E-state index in [4.69, 9.17) is 10.00 Å². The Kier molecular flexibility index (Phi) is 5.52. The van der Waals surface area contributed by atoms with E-state index in [0.717, 1.165) is 30.1 Å². The van der Waals surface area contributed by atoms with Gasteiger partial charge in [-0.25, -0.2) is 0 Å². The summed E-state index contributed by atoms with van der Waals surface area (Å²) in [6.07, 6.45) is 2.48. The van der Waals surface area contributed by atoms with Crippen LogP contribution in [0.4, 0.5) is 5.69 Å². The Morgan fingerprint density at radius 3 is 2.96 bits per heavy atom. The Bertz CT molecular complexity index is 764. The van der Waals surface area contributed by atoms with Crippen LogP contribution in [0.25, 0.3) is 0 Å². The number of rotatable bonds is 5. The van der Waals surface area contributed by atoms with Crippen LogP contribution in [0, 0.1) is 11.3 Å². The average Bonchev–Trinajstić information content (AvgIpc) is 3.14. The minimum Gasteiger partial charge on any atom is -0.377 e. The molecular formula is C19H18N2O2S. The average molecular weight is 338 g/mol. The summed E-state index contributed by atoms with van der Waals surface area (Å²) < 4.78 is 5.64. The normalized spacial score (nSPS) is 16.5. The summed E-state index contributed by atoms with van der Waals surface area (Å²) in [5.41, 5.74) is 1.79. The van der Waals surface area contributed by atoms with Gasteiger partial charge in [0, 0.05) is 22.9 Å². The second-order valence-electron chi connectivity index (χ2n) is 5.59. The lowest BCUT2D eigenvalue weighted by molar-refractivity contribution is 0.102. The first kappa shape index (κ1) is 16.6. The van der Waals surface area contributed by atoms with Gasteiger partial charge in [0.05, 0.1) is 23.3 Å². The van der Waals surface area contributed by atoms with Crippen LogP contribution in [-0.4, -0.2) is 24.4 Å². The van der Waals surface area contributed by atoms with Crippen molar-refractivity contribution in [2.75, 3.05) is 17.7 Å². The van der Waals surface area contributed by atoms with Crippen LogP contribution in [0.3, 0.4) is 0 Å². The number of hydrogen-bond donors (Lipinski definition) is 1. The highest BCUT2D eigenvalue weighted by Gasteiger charge is 2.18. The number of carbonyl (C=O) groups excluding carboxylic acids is 1. The van der Waals surface area contributed by atoms with E-state index in [0.29, 0.717) is 16.8 Å². The van der Waals surface area contributed by atoms with Crippen molar-refractivity contribution in [3.05, 3.63) is 59.7 Å². The fourth-order valence-corrected chi connectivity index (χ4v) is 3.72. The molecule has 1 aliphatic rings. The topological polar surface area (TPSA) is 62.1 Å². The van der Waals surface area contributed by atoms with Crippen molar-refractivity contribution in [3.63, 3.8) is 0 Å². The molecule has 0 radical (unpaired) electrons. The molecule has 0 unspecified atom stereocenters. The number of benzene rings is 2. The summed E-state index contributed by atoms with van der Waals surface area (Å²) >= 11 is 1.65. The summed E-state index contributed by atoms with van der Waals surface area (Å²) in [4.78, 5) is 13.5. The number of hydrogen-bond acceptors (Lipinski definition) is 4. The summed E-state index contributed by atoms with van der Waals surface area (Å²) in [6, 6.07) is 16.6. The zero-order valence-electron chi connectivity index (χ0n) is 13.2. The lowest BCUT2D eigenvalue weighted by Gasteiger charge is -2.12. The van der Waals surface area contributed by atoms with Crippen LogP contribution >= 0.6 is 11.8 Å². The van der Waals surface area contributed by atoms with Gasteiger partial charge in [-0.05, 0) is 43.2 Å². The van der Waals surface area contributed by atoms with Gasteiger partial charge in [-0.3, -0.25) is 4.79 Å². The fourth-order valence-electron chi connectivity index (χ4n) is 2.60. The van der Waals surface area contributed by atoms with E-state index in [1.807, 2.05) is 24.3 Å². The second kappa shape index (κ2) is 8.00. The standard InChI is InChI=1S/C19H18N2O2S/c20-12-14-5-3-6-15(11-14)21-19(22)17-8-1-2-9-18(17)24-13-16-7-4-10-23-16/h1-3,5-6,8-9,11,16H,4,7,10,13H2,(H,21,22)/t16-/m1/s1. The SMILES string of the molecule is N#Cc1cccc(NC(=O)c2ccccc2SC[C@H]2CCCO2)c1. The van der Waals surface area contributed by atoms with Crippen LogP contribution in [0.15, 0.2) is 53.4 Å². The molecule has 0 spiro atoms. The molecule has 1 amide bonds. The van der Waals surface area contributed by atoms with Gasteiger partial charge in [-0.2, -0.15) is 5.26 Å². The van der Waals surface area contributed by atoms with Gasteiger partial charge in [-0.15, -0.1) is 11.8 Å². The number of amides is 1. The molecule has 1 N–H and O–H groups in total. The molecule has 1 heterocycles. The van der Waals surface area contributed by atoms with Crippen molar-refractivity contribution >= 4 is 23.4 Å². The predicted molar refractivity (Wildman–Crippen MR) is 95.3 cm³/mol. The number of anilines is 1. The molecule has 0 bridgehead atoms. The molecule has 0 aliphatic carbocycles. The van der Waals surface area contributed by atoms with Gasteiger partial charge in [-0.1, -0.05) is 18.2 Å². The molecule has 1 saturated heterocycles. The van der Waals surface area contributed by atoms with E-state index in [1.54, 1.807) is 36.0 Å². The number of nitrogens with zero attached hydrogens (tertiary/aromatic N) is 1. The summed E-state index contributed by atoms with van der Waals surface area (Å²) in [5, 5.41) is 11.8. The van der Waals surface area contributed by atoms with E-state index in [9.17, 15) is 4.79 Å². The third kappa shape index (κ3) is 4.16. The maximum Gasteiger partial charge on any atom is 0.256 e. The van der Waals surface area contributed by atoms with Gasteiger partial charge < -0.3 is 10.1 Å². The number of nitrogens with one attached hydrogen (secondary N) is 1. The van der Waals surface area contributed by atoms with Gasteiger partial charge >= 0.3 is 0 Å². The van der Waals surface area contributed by atoms with Crippen LogP contribution < -0.4 is 5.32 Å². The molecule has 1 atom stereocenters. The molecule has 5 heteroatoms. The monoisotopic (exact) mass is 338 g/mol. The summed E-state index contributed by atoms with van der Waals surface area (Å²) in [7, 11) is 0. The van der Waals surface area contributed by atoms with Crippen molar-refractivity contribution < 1.29 is 9.53 Å². The highest BCUT2D eigenvalue weighted by atomic mass is 32.2. The van der Waals surface area contributed by atoms with Gasteiger partial charge in [0.1, 0.15) is 0 Å². The van der Waals surface area contributed by atoms with Crippen LogP contribution in [-0.2, 0) is 4.74 Å². The first-order valence-electron chi connectivity index (χ1n) is 7.91. The molecule has 2 aromatic rings. The molecule has 122 valence electrons. The van der Waals surface area contributed by atoms with E-state index in [1.165, 1.54) is 0 Å². The number of ether oxygens (including phenoxy) is 1. The Morgan fingerprint density at radius 2 is 2.17 bits per heavy atom. The van der Waals surface area contributed by atoms with Crippen molar-refractivity contribution in [1.29, 1.82) is 5.26 Å². The minimum absolute atomic E-state index is 0.166. The third-order valence-electron chi connectivity index (χ3n) is 3.83. The van der Waals surface area contributed by atoms with Crippen LogP contribution in [0.1, 0.15) is 28.8 Å². The van der Waals surface area contributed by atoms with Crippen molar-refractivity contribution in [3.8, 4) is 6.07 Å². The van der Waals surface area contributed by atoms with Crippen molar-refractivity contribution in [2.24, 2.45) is 0 Å². The van der Waals surface area contributed by atoms with Gasteiger partial charge in [0.15, 0.2) is 0 Å². The molecule has 24 heavy (non-hydrogen) atoms. The Balaban J connectivity index is 1.70. The Hall–Kier alpha value is -2.29. The van der Waals surface area contributed by atoms with Crippen molar-refractivity contribution in [1.82, 2.24) is 0 Å². The van der Waals surface area contributed by atoms with E-state index >= 15 is 0 Å². The Morgan fingerprint density at radius 1 is 1.29 bits per heavy atom. The number of thioether (sulfide) groups is 1. The first-order chi connectivity index (χ1) is 11.8. The van der Waals surface area contributed by atoms with E-state index in [-0.39, 0.29) is 12.0 Å². The smallest absolute Gasteiger partial charge is 0.256 e. The molecule has 3 rings (SSSR count). The summed E-state index contributed by atoms with van der Waals surface area (Å²) in [5.74, 6) is 0.689. The lowest BCUT2D eigenvalue weighted by atomic mass is 10.2. The summed E-state index contributed by atoms with van der Waals surface area (Å²) in [6.45, 7) is 0.836. The van der Waals surface area contributed by atoms with E-state index < -0.39 is 0 Å².